The van der Waals surface area contributed by atoms with E-state index >= 15 is 0 Å². The van der Waals surface area contributed by atoms with E-state index in [4.69, 9.17) is 4.84 Å². The van der Waals surface area contributed by atoms with Crippen LogP contribution in [0.2, 0.25) is 0 Å². The quantitative estimate of drug-likeness (QED) is 0.543. The summed E-state index contributed by atoms with van der Waals surface area (Å²) in [7, 11) is 0. The molecule has 1 aliphatic heterocycles. The van der Waals surface area contributed by atoms with E-state index in [0.29, 0.717) is 5.41 Å². The predicted octanol–water partition coefficient (Wildman–Crippen LogP) is 2.73. The molecule has 12 heavy (non-hydrogen) atoms. The first-order valence-corrected chi connectivity index (χ1v) is 4.82. The molecule has 0 atom stereocenters. The van der Waals surface area contributed by atoms with E-state index in [1.165, 1.54) is 25.7 Å². The third-order valence-corrected chi connectivity index (χ3v) is 3.30. The lowest BCUT2D eigenvalue weighted by molar-refractivity contribution is -0.0653. The summed E-state index contributed by atoms with van der Waals surface area (Å²) in [5.41, 5.74) is 0.632. The van der Waals surface area contributed by atoms with Crippen LogP contribution in [0, 0.1) is 5.41 Å². The Hall–Kier alpha value is -0.530. The zero-order chi connectivity index (χ0) is 8.66. The first kappa shape index (κ1) is 8.09. The molecule has 0 amide bonds. The molecule has 2 heteroatoms. The third kappa shape index (κ3) is 1.35. The number of oxime groups is 1. The lowest BCUT2D eigenvalue weighted by Gasteiger charge is -2.39. The average molecular weight is 167 g/mol. The van der Waals surface area contributed by atoms with Crippen LogP contribution in [0.5, 0.6) is 0 Å². The first-order valence-electron chi connectivity index (χ1n) is 4.82. The fourth-order valence-electron chi connectivity index (χ4n) is 2.07. The summed E-state index contributed by atoms with van der Waals surface area (Å²) in [6.45, 7) is 4.69. The van der Waals surface area contributed by atoms with Crippen molar-refractivity contribution >= 4 is 6.21 Å². The van der Waals surface area contributed by atoms with E-state index in [1.54, 1.807) is 0 Å². The minimum atomic E-state index is 0.107. The van der Waals surface area contributed by atoms with Crippen molar-refractivity contribution in [3.63, 3.8) is 0 Å². The summed E-state index contributed by atoms with van der Waals surface area (Å²) in [4.78, 5) is 5.44. The number of hydrogen-bond acceptors (Lipinski definition) is 2. The summed E-state index contributed by atoms with van der Waals surface area (Å²) in [6.07, 6.45) is 7.86. The summed E-state index contributed by atoms with van der Waals surface area (Å²) in [5, 5.41) is 3.88. The summed E-state index contributed by atoms with van der Waals surface area (Å²) in [6, 6.07) is 0. The fraction of sp³-hybridized carbons (Fsp3) is 0.900. The Bertz CT molecular complexity index is 188. The first-order chi connectivity index (χ1) is 5.62. The largest absolute Gasteiger partial charge is 0.389 e. The number of nitrogens with zero attached hydrogens (tertiary/aromatic N) is 1. The molecular formula is C10H17NO. The van der Waals surface area contributed by atoms with Crippen molar-refractivity contribution in [1.29, 1.82) is 0 Å². The molecule has 68 valence electrons. The summed E-state index contributed by atoms with van der Waals surface area (Å²) < 4.78 is 0. The molecule has 2 nitrogen and oxygen atoms in total. The Kier molecular flexibility index (Phi) is 1.67. The Morgan fingerprint density at radius 2 is 1.83 bits per heavy atom. The zero-order valence-electron chi connectivity index (χ0n) is 7.97. The maximum absolute atomic E-state index is 5.44. The van der Waals surface area contributed by atoms with Crippen LogP contribution in [0.1, 0.15) is 46.0 Å². The molecule has 0 unspecified atom stereocenters. The van der Waals surface area contributed by atoms with Gasteiger partial charge in [-0.1, -0.05) is 19.0 Å². The normalized spacial score (nSPS) is 30.5. The van der Waals surface area contributed by atoms with Crippen LogP contribution in [0.4, 0.5) is 0 Å². The van der Waals surface area contributed by atoms with Crippen LogP contribution >= 0.6 is 0 Å². The second kappa shape index (κ2) is 2.48. The van der Waals surface area contributed by atoms with E-state index in [2.05, 4.69) is 19.0 Å². The lowest BCUT2D eigenvalue weighted by Crippen LogP contribution is -2.36. The van der Waals surface area contributed by atoms with Gasteiger partial charge in [-0.25, -0.2) is 0 Å². The number of rotatable bonds is 0. The van der Waals surface area contributed by atoms with Gasteiger partial charge in [-0.3, -0.25) is 0 Å². The van der Waals surface area contributed by atoms with Gasteiger partial charge >= 0.3 is 0 Å². The van der Waals surface area contributed by atoms with E-state index in [9.17, 15) is 0 Å². The smallest absolute Gasteiger partial charge is 0.142 e. The maximum Gasteiger partial charge on any atom is 0.142 e. The molecule has 2 rings (SSSR count). The minimum Gasteiger partial charge on any atom is -0.389 e. The highest BCUT2D eigenvalue weighted by Gasteiger charge is 2.41. The van der Waals surface area contributed by atoms with Crippen LogP contribution in [0.25, 0.3) is 0 Å². The van der Waals surface area contributed by atoms with Gasteiger partial charge in [0.05, 0.1) is 0 Å². The molecule has 0 bridgehead atoms. The van der Waals surface area contributed by atoms with Crippen molar-refractivity contribution in [2.45, 2.75) is 51.6 Å². The van der Waals surface area contributed by atoms with Crippen LogP contribution in [-0.2, 0) is 4.84 Å². The molecule has 1 spiro atoms. The fourth-order valence-corrected chi connectivity index (χ4v) is 2.07. The molecule has 0 N–H and O–H groups in total. The van der Waals surface area contributed by atoms with Gasteiger partial charge in [0.1, 0.15) is 5.60 Å². The van der Waals surface area contributed by atoms with Gasteiger partial charge in [0, 0.05) is 12.6 Å². The molecule has 1 fully saturated rings. The van der Waals surface area contributed by atoms with E-state index < -0.39 is 0 Å². The minimum absolute atomic E-state index is 0.107. The van der Waals surface area contributed by atoms with Crippen molar-refractivity contribution in [1.82, 2.24) is 0 Å². The highest BCUT2D eigenvalue weighted by molar-refractivity contribution is 5.59. The number of hydrogen-bond donors (Lipinski definition) is 0. The molecular weight excluding hydrogens is 150 g/mol. The van der Waals surface area contributed by atoms with Crippen LogP contribution in [0.3, 0.4) is 0 Å². The van der Waals surface area contributed by atoms with E-state index in [1.807, 2.05) is 6.21 Å². The van der Waals surface area contributed by atoms with Gasteiger partial charge in [0.2, 0.25) is 0 Å². The Balaban J connectivity index is 1.98. The summed E-state index contributed by atoms with van der Waals surface area (Å²) in [5.74, 6) is 0. The lowest BCUT2D eigenvalue weighted by atomic mass is 9.70. The molecule has 2 aliphatic rings. The SMILES string of the molecule is CC1(C)CCC2(CC=NO2)CC1. The molecule has 0 aromatic rings. The van der Waals surface area contributed by atoms with Gasteiger partial charge in [0.25, 0.3) is 0 Å². The standard InChI is InChI=1S/C10H17NO/c1-9(2)3-5-10(6-4-9)7-8-11-12-10/h8H,3-7H2,1-2H3. The van der Waals surface area contributed by atoms with Crippen LogP contribution in [-0.4, -0.2) is 11.8 Å². The Morgan fingerprint density at radius 3 is 2.33 bits per heavy atom. The molecule has 0 aromatic carbocycles. The van der Waals surface area contributed by atoms with Crippen LogP contribution in [0.15, 0.2) is 5.16 Å². The topological polar surface area (TPSA) is 21.6 Å². The maximum atomic E-state index is 5.44. The second-order valence-corrected chi connectivity index (χ2v) is 4.93. The monoisotopic (exact) mass is 167 g/mol. The highest BCUT2D eigenvalue weighted by atomic mass is 16.7. The predicted molar refractivity (Wildman–Crippen MR) is 49.2 cm³/mol. The van der Waals surface area contributed by atoms with E-state index in [0.717, 1.165) is 6.42 Å². The summed E-state index contributed by atoms with van der Waals surface area (Å²) >= 11 is 0. The van der Waals surface area contributed by atoms with E-state index in [-0.39, 0.29) is 5.60 Å². The molecule has 1 aliphatic carbocycles. The van der Waals surface area contributed by atoms with Crippen LogP contribution < -0.4 is 0 Å². The van der Waals surface area contributed by atoms with Gasteiger partial charge in [-0.15, -0.1) is 0 Å². The zero-order valence-corrected chi connectivity index (χ0v) is 7.97. The van der Waals surface area contributed by atoms with Crippen molar-refractivity contribution in [3.8, 4) is 0 Å². The Labute approximate surface area is 74.0 Å². The van der Waals surface area contributed by atoms with Crippen molar-refractivity contribution < 1.29 is 4.84 Å². The molecule has 1 heterocycles. The van der Waals surface area contributed by atoms with Crippen molar-refractivity contribution in [2.75, 3.05) is 0 Å². The molecule has 1 saturated carbocycles. The molecule has 0 saturated heterocycles. The van der Waals surface area contributed by atoms with Gasteiger partial charge < -0.3 is 4.84 Å². The molecule has 0 aromatic heterocycles. The second-order valence-electron chi connectivity index (χ2n) is 4.93. The van der Waals surface area contributed by atoms with Gasteiger partial charge in [-0.05, 0) is 31.1 Å². The third-order valence-electron chi connectivity index (χ3n) is 3.30. The van der Waals surface area contributed by atoms with Crippen molar-refractivity contribution in [3.05, 3.63) is 0 Å². The highest BCUT2D eigenvalue weighted by Crippen LogP contribution is 2.44. The molecule has 0 radical (unpaired) electrons. The van der Waals surface area contributed by atoms with Gasteiger partial charge in [-0.2, -0.15) is 0 Å². The van der Waals surface area contributed by atoms with Crippen molar-refractivity contribution in [2.24, 2.45) is 10.6 Å². The average Bonchev–Trinajstić information content (AvgIpc) is 2.46. The van der Waals surface area contributed by atoms with Gasteiger partial charge in [0.15, 0.2) is 0 Å². The Morgan fingerprint density at radius 1 is 1.17 bits per heavy atom.